The predicted molar refractivity (Wildman–Crippen MR) is 86.3 cm³/mol. The fourth-order valence-electron chi connectivity index (χ4n) is 1.72. The number of hydrogen-bond acceptors (Lipinski definition) is 4. The number of carbonyl (C=O) groups is 2. The van der Waals surface area contributed by atoms with Crippen molar-refractivity contribution in [1.29, 1.82) is 0 Å². The van der Waals surface area contributed by atoms with Crippen molar-refractivity contribution in [2.45, 2.75) is 58.4 Å². The van der Waals surface area contributed by atoms with Crippen LogP contribution in [0.1, 0.15) is 52.4 Å². The van der Waals surface area contributed by atoms with Gasteiger partial charge in [-0.05, 0) is 19.8 Å². The van der Waals surface area contributed by atoms with Gasteiger partial charge in [0.05, 0.1) is 6.61 Å². The molecular weight excluding hydrogens is 282 g/mol. The van der Waals surface area contributed by atoms with E-state index in [1.165, 1.54) is 12.8 Å². The van der Waals surface area contributed by atoms with Crippen molar-refractivity contribution in [3.05, 3.63) is 12.7 Å². The van der Waals surface area contributed by atoms with Crippen LogP contribution in [0.25, 0.3) is 0 Å². The zero-order valence-electron chi connectivity index (χ0n) is 13.7. The van der Waals surface area contributed by atoms with Crippen molar-refractivity contribution in [2.24, 2.45) is 0 Å². The Bertz CT molecular complexity index is 395. The lowest BCUT2D eigenvalue weighted by atomic mass is 10.2. The van der Waals surface area contributed by atoms with Crippen LogP contribution in [0, 0.1) is 11.8 Å². The van der Waals surface area contributed by atoms with Gasteiger partial charge in [0.2, 0.25) is 0 Å². The molecule has 1 atom stereocenters. The van der Waals surface area contributed by atoms with Crippen LogP contribution in [0.15, 0.2) is 12.7 Å². The second-order valence-corrected chi connectivity index (χ2v) is 4.81. The van der Waals surface area contributed by atoms with Crippen LogP contribution in [0.2, 0.25) is 0 Å². The fourth-order valence-corrected chi connectivity index (χ4v) is 1.72. The number of ether oxygens (including phenoxy) is 2. The van der Waals surface area contributed by atoms with Gasteiger partial charge in [-0.15, -0.1) is 12.5 Å². The summed E-state index contributed by atoms with van der Waals surface area (Å²) in [6.45, 7) is 7.74. The molecular formula is C17H27NO4. The molecule has 0 aliphatic rings. The molecule has 0 heterocycles. The molecule has 1 amide bonds. The molecule has 0 rings (SSSR count). The van der Waals surface area contributed by atoms with Crippen LogP contribution in [-0.4, -0.2) is 31.3 Å². The maximum atomic E-state index is 11.9. The smallest absolute Gasteiger partial charge is 0.408 e. The molecule has 1 N–H and O–H groups in total. The molecule has 124 valence electrons. The van der Waals surface area contributed by atoms with Crippen LogP contribution in [-0.2, 0) is 14.3 Å². The SMILES string of the molecule is C=CCC(NC(=O)OCC#CC)C(=O)OCCCCCCC. The summed E-state index contributed by atoms with van der Waals surface area (Å²) < 4.78 is 9.99. The normalized spacial score (nSPS) is 10.8. The molecule has 0 aromatic rings. The number of rotatable bonds is 11. The number of esters is 1. The average Bonchev–Trinajstić information content (AvgIpc) is 2.50. The molecule has 1 unspecified atom stereocenters. The largest absolute Gasteiger partial charge is 0.464 e. The summed E-state index contributed by atoms with van der Waals surface area (Å²) in [4.78, 5) is 23.4. The Kier molecular flexibility index (Phi) is 12.8. The third kappa shape index (κ3) is 10.8. The van der Waals surface area contributed by atoms with Gasteiger partial charge in [-0.1, -0.05) is 44.6 Å². The maximum absolute atomic E-state index is 11.9. The minimum absolute atomic E-state index is 0.00435. The minimum Gasteiger partial charge on any atom is -0.464 e. The Morgan fingerprint density at radius 3 is 2.59 bits per heavy atom. The summed E-state index contributed by atoms with van der Waals surface area (Å²) in [6.07, 6.45) is 6.56. The Morgan fingerprint density at radius 2 is 1.95 bits per heavy atom. The van der Waals surface area contributed by atoms with E-state index in [2.05, 4.69) is 30.7 Å². The highest BCUT2D eigenvalue weighted by atomic mass is 16.6. The molecule has 0 aliphatic carbocycles. The van der Waals surface area contributed by atoms with Crippen LogP contribution < -0.4 is 5.32 Å². The average molecular weight is 309 g/mol. The summed E-state index contributed by atoms with van der Waals surface area (Å²) in [5.74, 6) is 4.75. The van der Waals surface area contributed by atoms with Gasteiger partial charge in [-0.3, -0.25) is 0 Å². The summed E-state index contributed by atoms with van der Waals surface area (Å²) in [5.41, 5.74) is 0. The number of alkyl carbamates (subject to hydrolysis) is 1. The van der Waals surface area contributed by atoms with E-state index in [0.29, 0.717) is 13.0 Å². The van der Waals surface area contributed by atoms with Crippen molar-refractivity contribution < 1.29 is 19.1 Å². The Hall–Kier alpha value is -1.96. The number of hydrogen-bond donors (Lipinski definition) is 1. The zero-order valence-corrected chi connectivity index (χ0v) is 13.7. The first-order valence-electron chi connectivity index (χ1n) is 7.76. The van der Waals surface area contributed by atoms with E-state index in [1.807, 2.05) is 0 Å². The second-order valence-electron chi connectivity index (χ2n) is 4.81. The first kappa shape index (κ1) is 20.0. The Labute approximate surface area is 133 Å². The van der Waals surface area contributed by atoms with Gasteiger partial charge in [0, 0.05) is 0 Å². The molecule has 0 spiro atoms. The van der Waals surface area contributed by atoms with E-state index in [4.69, 9.17) is 9.47 Å². The summed E-state index contributed by atoms with van der Waals surface area (Å²) in [6, 6.07) is -0.768. The molecule has 5 heteroatoms. The predicted octanol–water partition coefficient (Wildman–Crippen LogP) is 3.19. The molecule has 0 saturated heterocycles. The van der Waals surface area contributed by atoms with E-state index in [0.717, 1.165) is 19.3 Å². The molecule has 0 saturated carbocycles. The lowest BCUT2D eigenvalue weighted by molar-refractivity contribution is -0.146. The Balaban J connectivity index is 4.07. The van der Waals surface area contributed by atoms with E-state index in [9.17, 15) is 9.59 Å². The summed E-state index contributed by atoms with van der Waals surface area (Å²) in [5, 5.41) is 2.46. The monoisotopic (exact) mass is 309 g/mol. The summed E-state index contributed by atoms with van der Waals surface area (Å²) in [7, 11) is 0. The number of nitrogens with one attached hydrogen (secondary N) is 1. The standard InChI is InChI=1S/C17H27NO4/c1-4-7-9-10-11-14-21-16(19)15(12-6-3)18-17(20)22-13-8-5-2/h6,15H,3-4,7,9-14H2,1-2H3,(H,18,20). The van der Waals surface area contributed by atoms with Crippen molar-refractivity contribution >= 4 is 12.1 Å². The summed E-state index contributed by atoms with van der Waals surface area (Å²) >= 11 is 0. The molecule has 0 aliphatic heterocycles. The molecule has 5 nitrogen and oxygen atoms in total. The molecule has 0 aromatic carbocycles. The highest BCUT2D eigenvalue weighted by molar-refractivity contribution is 5.81. The lowest BCUT2D eigenvalue weighted by Gasteiger charge is -2.15. The molecule has 0 fully saturated rings. The first-order chi connectivity index (χ1) is 10.7. The van der Waals surface area contributed by atoms with E-state index in [1.54, 1.807) is 13.0 Å². The number of unbranched alkanes of at least 4 members (excludes halogenated alkanes) is 4. The van der Waals surface area contributed by atoms with Crippen molar-refractivity contribution in [2.75, 3.05) is 13.2 Å². The Morgan fingerprint density at radius 1 is 1.23 bits per heavy atom. The highest BCUT2D eigenvalue weighted by Gasteiger charge is 2.21. The second kappa shape index (κ2) is 14.0. The van der Waals surface area contributed by atoms with Crippen LogP contribution >= 0.6 is 0 Å². The number of amides is 1. The van der Waals surface area contributed by atoms with Gasteiger partial charge in [0.25, 0.3) is 0 Å². The van der Waals surface area contributed by atoms with Gasteiger partial charge in [-0.25, -0.2) is 9.59 Å². The van der Waals surface area contributed by atoms with Gasteiger partial charge in [0.1, 0.15) is 6.04 Å². The van der Waals surface area contributed by atoms with Crippen LogP contribution in [0.4, 0.5) is 4.79 Å². The number of carbonyl (C=O) groups excluding carboxylic acids is 2. The van der Waals surface area contributed by atoms with E-state index >= 15 is 0 Å². The van der Waals surface area contributed by atoms with Gasteiger partial charge < -0.3 is 14.8 Å². The fraction of sp³-hybridized carbons (Fsp3) is 0.647. The van der Waals surface area contributed by atoms with Crippen molar-refractivity contribution in [3.63, 3.8) is 0 Å². The highest BCUT2D eigenvalue weighted by Crippen LogP contribution is 2.04. The quantitative estimate of drug-likeness (QED) is 0.275. The molecule has 22 heavy (non-hydrogen) atoms. The zero-order chi connectivity index (χ0) is 16.6. The van der Waals surface area contributed by atoms with Crippen LogP contribution in [0.5, 0.6) is 0 Å². The van der Waals surface area contributed by atoms with Crippen molar-refractivity contribution in [3.8, 4) is 11.8 Å². The van der Waals surface area contributed by atoms with Gasteiger partial charge in [0.15, 0.2) is 6.61 Å². The van der Waals surface area contributed by atoms with Crippen molar-refractivity contribution in [1.82, 2.24) is 5.32 Å². The van der Waals surface area contributed by atoms with Gasteiger partial charge in [-0.2, -0.15) is 0 Å². The molecule has 0 aromatic heterocycles. The molecule has 0 radical (unpaired) electrons. The maximum Gasteiger partial charge on any atom is 0.408 e. The minimum atomic E-state index is -0.768. The first-order valence-corrected chi connectivity index (χ1v) is 7.76. The van der Waals surface area contributed by atoms with E-state index < -0.39 is 18.1 Å². The van der Waals surface area contributed by atoms with Gasteiger partial charge >= 0.3 is 12.1 Å². The van der Waals surface area contributed by atoms with Crippen LogP contribution in [0.3, 0.4) is 0 Å². The van der Waals surface area contributed by atoms with E-state index in [-0.39, 0.29) is 6.61 Å². The third-order valence-electron chi connectivity index (χ3n) is 2.92. The topological polar surface area (TPSA) is 64.6 Å². The lowest BCUT2D eigenvalue weighted by Crippen LogP contribution is -2.42. The molecule has 0 bridgehead atoms. The third-order valence-corrected chi connectivity index (χ3v) is 2.92.